The second-order valence-corrected chi connectivity index (χ2v) is 5.52. The summed E-state index contributed by atoms with van der Waals surface area (Å²) in [6.45, 7) is 2.29. The zero-order valence-electron chi connectivity index (χ0n) is 12.5. The van der Waals surface area contributed by atoms with Crippen molar-refractivity contribution in [2.45, 2.75) is 12.8 Å². The Labute approximate surface area is 132 Å². The number of carbonyl (C=O) groups excluding carboxylic acids is 1. The maximum absolute atomic E-state index is 12.7. The number of anilines is 1. The number of Topliss-reactive ketones (excluding diaryl/α,β-unsaturated/α-hetero) is 1. The number of ketones is 1. The van der Waals surface area contributed by atoms with Gasteiger partial charge in [0, 0.05) is 47.9 Å². The predicted octanol–water partition coefficient (Wildman–Crippen LogP) is 2.83. The molecule has 0 aromatic carbocycles. The molecule has 1 atom stereocenters. The second-order valence-electron chi connectivity index (χ2n) is 5.52. The van der Waals surface area contributed by atoms with Crippen molar-refractivity contribution in [1.82, 2.24) is 15.1 Å². The number of rotatable bonds is 3. The van der Waals surface area contributed by atoms with Crippen LogP contribution in [0, 0.1) is 6.92 Å². The van der Waals surface area contributed by atoms with E-state index in [2.05, 4.69) is 20.4 Å². The van der Waals surface area contributed by atoms with Gasteiger partial charge in [-0.2, -0.15) is 0 Å². The van der Waals surface area contributed by atoms with Crippen LogP contribution in [0.3, 0.4) is 0 Å². The van der Waals surface area contributed by atoms with Gasteiger partial charge in [-0.3, -0.25) is 9.78 Å². The molecule has 6 nitrogen and oxygen atoms in total. The first-order valence-corrected chi connectivity index (χ1v) is 7.34. The number of hydrogen-bond acceptors (Lipinski definition) is 6. The highest BCUT2D eigenvalue weighted by atomic mass is 16.5. The van der Waals surface area contributed by atoms with Gasteiger partial charge in [-0.25, -0.2) is 4.98 Å². The third-order valence-corrected chi connectivity index (χ3v) is 3.96. The quantitative estimate of drug-likeness (QED) is 0.749. The van der Waals surface area contributed by atoms with Gasteiger partial charge in [-0.05, 0) is 19.1 Å². The average Bonchev–Trinajstić information content (AvgIpc) is 3.20. The molecule has 1 N–H and O–H groups in total. The minimum Gasteiger partial charge on any atom is -0.369 e. The standard InChI is InChI=1S/C17H14N4O2/c1-10-5-15(21-23-10)16(22)14-9-20-17-13(14)6-12(8-19-17)11-3-2-4-18-7-11/h2-8,14H,9H2,1H3,(H,19,20). The van der Waals surface area contributed by atoms with Crippen molar-refractivity contribution in [2.24, 2.45) is 0 Å². The lowest BCUT2D eigenvalue weighted by molar-refractivity contribution is 0.0957. The molecule has 0 saturated carbocycles. The Morgan fingerprint density at radius 2 is 2.22 bits per heavy atom. The molecule has 0 amide bonds. The molecule has 114 valence electrons. The molecule has 0 fully saturated rings. The highest BCUT2D eigenvalue weighted by molar-refractivity contribution is 6.01. The van der Waals surface area contributed by atoms with Crippen LogP contribution in [0.2, 0.25) is 0 Å². The van der Waals surface area contributed by atoms with E-state index in [0.717, 1.165) is 22.5 Å². The average molecular weight is 306 g/mol. The third kappa shape index (κ3) is 2.38. The Morgan fingerprint density at radius 1 is 1.30 bits per heavy atom. The van der Waals surface area contributed by atoms with Crippen LogP contribution < -0.4 is 5.32 Å². The van der Waals surface area contributed by atoms with Crippen LogP contribution >= 0.6 is 0 Å². The van der Waals surface area contributed by atoms with Crippen molar-refractivity contribution in [3.05, 3.63) is 59.9 Å². The number of carbonyl (C=O) groups is 1. The Bertz CT molecular complexity index is 873. The van der Waals surface area contributed by atoms with E-state index in [4.69, 9.17) is 4.52 Å². The summed E-state index contributed by atoms with van der Waals surface area (Å²) in [5.74, 6) is 1.01. The Balaban J connectivity index is 1.72. The lowest BCUT2D eigenvalue weighted by Crippen LogP contribution is -2.15. The van der Waals surface area contributed by atoms with Crippen LogP contribution in [0.25, 0.3) is 11.1 Å². The molecule has 3 aromatic rings. The molecule has 0 bridgehead atoms. The first-order valence-electron chi connectivity index (χ1n) is 7.34. The lowest BCUT2D eigenvalue weighted by atomic mass is 9.94. The molecular formula is C17H14N4O2. The van der Waals surface area contributed by atoms with Gasteiger partial charge in [0.15, 0.2) is 11.5 Å². The molecule has 0 saturated heterocycles. The fraction of sp³-hybridized carbons (Fsp3) is 0.176. The number of pyridine rings is 2. The molecule has 6 heteroatoms. The van der Waals surface area contributed by atoms with Crippen LogP contribution in [0.15, 0.2) is 47.4 Å². The maximum Gasteiger partial charge on any atom is 0.194 e. The van der Waals surface area contributed by atoms with Gasteiger partial charge in [-0.15, -0.1) is 0 Å². The van der Waals surface area contributed by atoms with E-state index in [1.165, 1.54) is 0 Å². The Morgan fingerprint density at radius 3 is 2.96 bits per heavy atom. The van der Waals surface area contributed by atoms with E-state index in [1.54, 1.807) is 31.6 Å². The number of hydrogen-bond donors (Lipinski definition) is 1. The largest absolute Gasteiger partial charge is 0.369 e. The summed E-state index contributed by atoms with van der Waals surface area (Å²) in [4.78, 5) is 21.2. The molecule has 1 aliphatic rings. The van der Waals surface area contributed by atoms with Gasteiger partial charge in [0.2, 0.25) is 0 Å². The SMILES string of the molecule is Cc1cc(C(=O)C2CNc3ncc(-c4cccnc4)cc32)no1. The van der Waals surface area contributed by atoms with Gasteiger partial charge in [0.25, 0.3) is 0 Å². The van der Waals surface area contributed by atoms with E-state index >= 15 is 0 Å². The van der Waals surface area contributed by atoms with E-state index in [0.29, 0.717) is 18.0 Å². The highest BCUT2D eigenvalue weighted by Crippen LogP contribution is 2.34. The molecule has 1 aliphatic heterocycles. The van der Waals surface area contributed by atoms with Crippen molar-refractivity contribution in [3.63, 3.8) is 0 Å². The summed E-state index contributed by atoms with van der Waals surface area (Å²) in [6.07, 6.45) is 5.30. The summed E-state index contributed by atoms with van der Waals surface area (Å²) < 4.78 is 5.01. The van der Waals surface area contributed by atoms with Gasteiger partial charge >= 0.3 is 0 Å². The van der Waals surface area contributed by atoms with Crippen molar-refractivity contribution >= 4 is 11.6 Å². The molecule has 0 radical (unpaired) electrons. The zero-order chi connectivity index (χ0) is 15.8. The summed E-state index contributed by atoms with van der Waals surface area (Å²) in [5.41, 5.74) is 3.15. The Hall–Kier alpha value is -3.02. The van der Waals surface area contributed by atoms with E-state index < -0.39 is 0 Å². The van der Waals surface area contributed by atoms with Gasteiger partial charge in [0.1, 0.15) is 11.6 Å². The van der Waals surface area contributed by atoms with Gasteiger partial charge in [-0.1, -0.05) is 11.2 Å². The second kappa shape index (κ2) is 5.31. The van der Waals surface area contributed by atoms with Crippen molar-refractivity contribution < 1.29 is 9.32 Å². The van der Waals surface area contributed by atoms with Crippen molar-refractivity contribution in [2.75, 3.05) is 11.9 Å². The highest BCUT2D eigenvalue weighted by Gasteiger charge is 2.32. The zero-order valence-corrected chi connectivity index (χ0v) is 12.5. The number of aryl methyl sites for hydroxylation is 1. The third-order valence-electron chi connectivity index (χ3n) is 3.96. The number of nitrogens with one attached hydrogen (secondary N) is 1. The van der Waals surface area contributed by atoms with E-state index in [1.807, 2.05) is 18.2 Å². The summed E-state index contributed by atoms with van der Waals surface area (Å²) in [5, 5.41) is 7.01. The summed E-state index contributed by atoms with van der Waals surface area (Å²) in [6, 6.07) is 7.51. The van der Waals surface area contributed by atoms with Crippen LogP contribution in [0.4, 0.5) is 5.82 Å². The van der Waals surface area contributed by atoms with Gasteiger partial charge in [0.05, 0.1) is 5.92 Å². The molecule has 0 aliphatic carbocycles. The van der Waals surface area contributed by atoms with E-state index in [9.17, 15) is 4.79 Å². The van der Waals surface area contributed by atoms with Gasteiger partial charge < -0.3 is 9.84 Å². The molecule has 4 rings (SSSR count). The fourth-order valence-corrected chi connectivity index (χ4v) is 2.79. The van der Waals surface area contributed by atoms with Crippen LogP contribution in [0.1, 0.15) is 27.7 Å². The summed E-state index contributed by atoms with van der Waals surface area (Å²) in [7, 11) is 0. The molecule has 3 aromatic heterocycles. The number of fused-ring (bicyclic) bond motifs is 1. The smallest absolute Gasteiger partial charge is 0.194 e. The van der Waals surface area contributed by atoms with Crippen LogP contribution in [-0.4, -0.2) is 27.5 Å². The first kappa shape index (κ1) is 13.6. The fourth-order valence-electron chi connectivity index (χ4n) is 2.79. The van der Waals surface area contributed by atoms with Crippen LogP contribution in [0.5, 0.6) is 0 Å². The predicted molar refractivity (Wildman–Crippen MR) is 84.3 cm³/mol. The molecule has 1 unspecified atom stereocenters. The maximum atomic E-state index is 12.7. The first-order chi connectivity index (χ1) is 11.2. The minimum atomic E-state index is -0.307. The molecule has 4 heterocycles. The van der Waals surface area contributed by atoms with Crippen molar-refractivity contribution in [1.29, 1.82) is 0 Å². The molecular weight excluding hydrogens is 292 g/mol. The van der Waals surface area contributed by atoms with E-state index in [-0.39, 0.29) is 11.7 Å². The van der Waals surface area contributed by atoms with Crippen LogP contribution in [-0.2, 0) is 0 Å². The molecule has 23 heavy (non-hydrogen) atoms. The monoisotopic (exact) mass is 306 g/mol. The Kier molecular flexibility index (Phi) is 3.15. The lowest BCUT2D eigenvalue weighted by Gasteiger charge is -2.08. The minimum absolute atomic E-state index is 0.0572. The normalized spacial score (nSPS) is 16.0. The summed E-state index contributed by atoms with van der Waals surface area (Å²) >= 11 is 0. The van der Waals surface area contributed by atoms with Crippen molar-refractivity contribution in [3.8, 4) is 11.1 Å². The molecule has 0 spiro atoms. The topological polar surface area (TPSA) is 80.9 Å². The number of aromatic nitrogens is 3. The number of nitrogens with zero attached hydrogens (tertiary/aromatic N) is 3.